The lowest BCUT2D eigenvalue weighted by Gasteiger charge is -2.26. The van der Waals surface area contributed by atoms with E-state index in [1.807, 2.05) is 32.0 Å². The third kappa shape index (κ3) is 4.84. The van der Waals surface area contributed by atoms with Crippen LogP contribution in [-0.2, 0) is 4.74 Å². The van der Waals surface area contributed by atoms with Crippen molar-refractivity contribution in [3.63, 3.8) is 0 Å². The first kappa shape index (κ1) is 19.8. The molecule has 1 aromatic carbocycles. The third-order valence-corrected chi connectivity index (χ3v) is 4.68. The molecule has 1 saturated heterocycles. The van der Waals surface area contributed by atoms with Gasteiger partial charge in [0.05, 0.1) is 18.1 Å². The number of hydrogen-bond acceptors (Lipinski definition) is 9. The van der Waals surface area contributed by atoms with Crippen molar-refractivity contribution in [2.24, 2.45) is 0 Å². The predicted molar refractivity (Wildman–Crippen MR) is 108 cm³/mol. The van der Waals surface area contributed by atoms with Crippen LogP contribution in [0.3, 0.4) is 0 Å². The summed E-state index contributed by atoms with van der Waals surface area (Å²) in [6, 6.07) is 5.69. The highest BCUT2D eigenvalue weighted by Gasteiger charge is 2.23. The van der Waals surface area contributed by atoms with Crippen molar-refractivity contribution in [3.05, 3.63) is 39.4 Å². The smallest absolute Gasteiger partial charge is 0.353 e. The van der Waals surface area contributed by atoms with E-state index < -0.39 is 4.92 Å². The molecule has 1 aliphatic rings. The summed E-state index contributed by atoms with van der Waals surface area (Å²) in [6.45, 7) is 8.58. The van der Waals surface area contributed by atoms with Gasteiger partial charge in [-0.1, -0.05) is 6.07 Å². The lowest BCUT2D eigenvalue weighted by atomic mass is 10.1. The highest BCUT2D eigenvalue weighted by molar-refractivity contribution is 5.74. The van der Waals surface area contributed by atoms with Gasteiger partial charge in [-0.3, -0.25) is 15.0 Å². The second-order valence-electron chi connectivity index (χ2n) is 6.69. The number of nitrogen functional groups attached to an aromatic ring is 1. The number of nitrogens with zero attached hydrogens (tertiary/aromatic N) is 4. The predicted octanol–water partition coefficient (Wildman–Crippen LogP) is 2.07. The van der Waals surface area contributed by atoms with Crippen LogP contribution in [0, 0.1) is 24.0 Å². The van der Waals surface area contributed by atoms with Crippen LogP contribution >= 0.6 is 0 Å². The number of hydrogen-bond donors (Lipinski definition) is 3. The normalized spacial score (nSPS) is 14.6. The molecule has 0 saturated carbocycles. The third-order valence-electron chi connectivity index (χ3n) is 4.68. The molecule has 3 rings (SSSR count). The molecule has 150 valence electrons. The molecule has 4 N–H and O–H groups in total. The first-order chi connectivity index (χ1) is 13.4. The summed E-state index contributed by atoms with van der Waals surface area (Å²) in [5, 5.41) is 17.6. The molecular weight excluding hydrogens is 362 g/mol. The average molecular weight is 387 g/mol. The fraction of sp³-hybridized carbons (Fsp3) is 0.444. The van der Waals surface area contributed by atoms with Gasteiger partial charge in [0, 0.05) is 31.9 Å². The number of nitrogens with two attached hydrogens (primary N) is 1. The molecule has 10 heteroatoms. The number of nitro groups is 1. The summed E-state index contributed by atoms with van der Waals surface area (Å²) in [6.07, 6.45) is 0. The zero-order valence-corrected chi connectivity index (χ0v) is 16.1. The largest absolute Gasteiger partial charge is 0.379 e. The molecule has 28 heavy (non-hydrogen) atoms. The van der Waals surface area contributed by atoms with Crippen LogP contribution in [0.25, 0.3) is 0 Å². The Morgan fingerprint density at radius 2 is 2.00 bits per heavy atom. The number of rotatable bonds is 7. The van der Waals surface area contributed by atoms with Crippen molar-refractivity contribution in [1.82, 2.24) is 14.9 Å². The number of ether oxygens (including phenoxy) is 1. The van der Waals surface area contributed by atoms with Crippen molar-refractivity contribution in [1.29, 1.82) is 0 Å². The van der Waals surface area contributed by atoms with Crippen molar-refractivity contribution < 1.29 is 9.66 Å². The molecule has 0 amide bonds. The standard InChI is InChI=1S/C18H25N7O3/c1-12-3-4-14(11-13(12)2)21-17-15(25(26)27)16(19)22-18(23-17)20-5-6-24-7-9-28-10-8-24/h3-4,11H,5-10H2,1-2H3,(H4,19,20,21,22,23). The maximum absolute atomic E-state index is 11.5. The first-order valence-corrected chi connectivity index (χ1v) is 9.14. The van der Waals surface area contributed by atoms with Crippen LogP contribution in [0.15, 0.2) is 18.2 Å². The second kappa shape index (κ2) is 8.81. The Bertz CT molecular complexity index is 853. The topological polar surface area (TPSA) is 131 Å². The van der Waals surface area contributed by atoms with E-state index in [2.05, 4.69) is 25.5 Å². The van der Waals surface area contributed by atoms with Gasteiger partial charge in [0.25, 0.3) is 0 Å². The molecule has 0 spiro atoms. The van der Waals surface area contributed by atoms with Gasteiger partial charge < -0.3 is 21.1 Å². The SMILES string of the molecule is Cc1ccc(Nc2nc(NCCN3CCOCC3)nc(N)c2[N+](=O)[O-])cc1C. The summed E-state index contributed by atoms with van der Waals surface area (Å²) < 4.78 is 5.33. The van der Waals surface area contributed by atoms with Gasteiger partial charge >= 0.3 is 5.69 Å². The summed E-state index contributed by atoms with van der Waals surface area (Å²) >= 11 is 0. The molecule has 10 nitrogen and oxygen atoms in total. The zero-order chi connectivity index (χ0) is 20.1. The molecule has 1 fully saturated rings. The molecule has 0 bridgehead atoms. The Morgan fingerprint density at radius 3 is 2.68 bits per heavy atom. The van der Waals surface area contributed by atoms with Crippen molar-refractivity contribution in [3.8, 4) is 0 Å². The van der Waals surface area contributed by atoms with E-state index in [1.54, 1.807) is 0 Å². The van der Waals surface area contributed by atoms with Gasteiger partial charge in [-0.05, 0) is 37.1 Å². The molecule has 0 radical (unpaired) electrons. The molecule has 1 aromatic heterocycles. The number of nitrogens with one attached hydrogen (secondary N) is 2. The van der Waals surface area contributed by atoms with Gasteiger partial charge in [0.2, 0.25) is 17.6 Å². The van der Waals surface area contributed by atoms with E-state index in [0.29, 0.717) is 12.2 Å². The minimum atomic E-state index is -0.573. The molecule has 2 aromatic rings. The van der Waals surface area contributed by atoms with Crippen LogP contribution < -0.4 is 16.4 Å². The fourth-order valence-corrected chi connectivity index (χ4v) is 2.92. The lowest BCUT2D eigenvalue weighted by molar-refractivity contribution is -0.383. The van der Waals surface area contributed by atoms with Gasteiger partial charge in [-0.2, -0.15) is 9.97 Å². The van der Waals surface area contributed by atoms with Gasteiger partial charge in [0.1, 0.15) is 0 Å². The molecular formula is C18H25N7O3. The van der Waals surface area contributed by atoms with Gasteiger partial charge in [-0.15, -0.1) is 0 Å². The van der Waals surface area contributed by atoms with Crippen LogP contribution in [0.4, 0.5) is 29.0 Å². The highest BCUT2D eigenvalue weighted by Crippen LogP contribution is 2.31. The molecule has 2 heterocycles. The highest BCUT2D eigenvalue weighted by atomic mass is 16.6. The number of benzene rings is 1. The minimum Gasteiger partial charge on any atom is -0.379 e. The Balaban J connectivity index is 1.76. The first-order valence-electron chi connectivity index (χ1n) is 9.14. The number of aryl methyl sites for hydroxylation is 2. The lowest BCUT2D eigenvalue weighted by Crippen LogP contribution is -2.39. The van der Waals surface area contributed by atoms with Crippen LogP contribution in [-0.4, -0.2) is 59.2 Å². The summed E-state index contributed by atoms with van der Waals surface area (Å²) in [5.74, 6) is 0.137. The maximum atomic E-state index is 11.5. The number of morpholine rings is 1. The maximum Gasteiger partial charge on any atom is 0.353 e. The summed E-state index contributed by atoms with van der Waals surface area (Å²) in [7, 11) is 0. The minimum absolute atomic E-state index is 0.0645. The van der Waals surface area contributed by atoms with E-state index >= 15 is 0 Å². The Kier molecular flexibility index (Phi) is 6.22. The van der Waals surface area contributed by atoms with E-state index in [0.717, 1.165) is 44.0 Å². The van der Waals surface area contributed by atoms with E-state index in [9.17, 15) is 10.1 Å². The van der Waals surface area contributed by atoms with E-state index in [1.165, 1.54) is 0 Å². The Labute approximate surface area is 163 Å². The monoisotopic (exact) mass is 387 g/mol. The number of aromatic nitrogens is 2. The summed E-state index contributed by atoms with van der Waals surface area (Å²) in [4.78, 5) is 21.5. The van der Waals surface area contributed by atoms with Crippen molar-refractivity contribution in [2.75, 3.05) is 55.8 Å². The quantitative estimate of drug-likeness (QED) is 0.482. The Hall–Kier alpha value is -2.98. The molecule has 0 aliphatic carbocycles. The molecule has 1 aliphatic heterocycles. The van der Waals surface area contributed by atoms with Crippen molar-refractivity contribution >= 4 is 29.0 Å². The average Bonchev–Trinajstić information content (AvgIpc) is 2.65. The second-order valence-corrected chi connectivity index (χ2v) is 6.69. The van der Waals surface area contributed by atoms with Crippen LogP contribution in [0.2, 0.25) is 0 Å². The van der Waals surface area contributed by atoms with Crippen LogP contribution in [0.5, 0.6) is 0 Å². The zero-order valence-electron chi connectivity index (χ0n) is 16.1. The Morgan fingerprint density at radius 1 is 1.25 bits per heavy atom. The number of anilines is 4. The van der Waals surface area contributed by atoms with Gasteiger partial charge in [0.15, 0.2) is 0 Å². The molecule has 0 unspecified atom stereocenters. The van der Waals surface area contributed by atoms with E-state index in [-0.39, 0.29) is 23.3 Å². The van der Waals surface area contributed by atoms with Gasteiger partial charge in [-0.25, -0.2) is 0 Å². The van der Waals surface area contributed by atoms with E-state index in [4.69, 9.17) is 10.5 Å². The van der Waals surface area contributed by atoms with Crippen molar-refractivity contribution in [2.45, 2.75) is 13.8 Å². The fourth-order valence-electron chi connectivity index (χ4n) is 2.92. The van der Waals surface area contributed by atoms with Crippen LogP contribution in [0.1, 0.15) is 11.1 Å². The molecule has 0 atom stereocenters. The summed E-state index contributed by atoms with van der Waals surface area (Å²) in [5.41, 5.74) is 8.41.